The summed E-state index contributed by atoms with van der Waals surface area (Å²) in [7, 11) is 0. The number of nitrogens with zero attached hydrogens (tertiary/aromatic N) is 3. The van der Waals surface area contributed by atoms with Crippen molar-refractivity contribution < 1.29 is 0 Å². The Labute approximate surface area is 321 Å². The molecule has 258 valence electrons. The van der Waals surface area contributed by atoms with Crippen molar-refractivity contribution in [1.82, 2.24) is 14.1 Å². The van der Waals surface area contributed by atoms with E-state index in [1.165, 1.54) is 103 Å². The van der Waals surface area contributed by atoms with Crippen molar-refractivity contribution in [3.8, 4) is 22.6 Å². The van der Waals surface area contributed by atoms with Crippen LogP contribution in [0, 0.1) is 0 Å². The fourth-order valence-corrected chi connectivity index (χ4v) is 9.84. The van der Waals surface area contributed by atoms with Gasteiger partial charge in [-0.3, -0.25) is 4.57 Å². The summed E-state index contributed by atoms with van der Waals surface area (Å²) in [5.41, 5.74) is 8.40. The SMILES string of the molecule is c1ccc(-n2c3ccccc3c3cc4c5c(ccc6cccc(c65)n4-c4ccc5cc(-c6ccc7c8ccccc8c8ccccc8c7c6)ccc5c4)c32)nc1. The molecule has 13 aromatic rings. The van der Waals surface area contributed by atoms with Gasteiger partial charge in [-0.1, -0.05) is 127 Å². The highest BCUT2D eigenvalue weighted by Gasteiger charge is 2.23. The Morgan fingerprint density at radius 1 is 0.321 bits per heavy atom. The molecular formula is C53H31N3. The predicted molar refractivity (Wildman–Crippen MR) is 237 cm³/mol. The van der Waals surface area contributed by atoms with Crippen molar-refractivity contribution in [2.45, 2.75) is 0 Å². The molecule has 0 saturated carbocycles. The second-order valence-corrected chi connectivity index (χ2v) is 15.1. The minimum Gasteiger partial charge on any atom is -0.309 e. The molecule has 0 aliphatic heterocycles. The van der Waals surface area contributed by atoms with E-state index in [4.69, 9.17) is 4.98 Å². The molecule has 10 aromatic carbocycles. The standard InChI is InChI=1S/C53H31N3/c1-2-13-40-38(11-1)39-12-3-4-14-41(39)45-30-36(23-25-42(40)45)33-19-20-35-29-37(24-21-34(35)28-33)55-48-17-9-10-32-22-26-44-52(51(32)48)49(55)31-46-43-15-5-6-16-47(43)56(53(44)46)50-18-7-8-27-54-50/h1-31H. The van der Waals surface area contributed by atoms with Crippen molar-refractivity contribution in [2.75, 3.05) is 0 Å². The van der Waals surface area contributed by atoms with Crippen LogP contribution < -0.4 is 0 Å². The van der Waals surface area contributed by atoms with Gasteiger partial charge in [-0.05, 0) is 114 Å². The van der Waals surface area contributed by atoms with E-state index in [-0.39, 0.29) is 0 Å². The van der Waals surface area contributed by atoms with Gasteiger partial charge in [-0.2, -0.15) is 0 Å². The molecule has 0 N–H and O–H groups in total. The molecule has 0 unspecified atom stereocenters. The molecule has 13 rings (SSSR count). The average molecular weight is 710 g/mol. The fourth-order valence-electron chi connectivity index (χ4n) is 9.84. The van der Waals surface area contributed by atoms with Gasteiger partial charge >= 0.3 is 0 Å². The first-order valence-corrected chi connectivity index (χ1v) is 19.3. The van der Waals surface area contributed by atoms with Crippen LogP contribution in [0.25, 0.3) is 120 Å². The fraction of sp³-hybridized carbons (Fsp3) is 0. The van der Waals surface area contributed by atoms with Gasteiger partial charge in [-0.15, -0.1) is 0 Å². The Kier molecular flexibility index (Phi) is 5.89. The lowest BCUT2D eigenvalue weighted by atomic mass is 9.91. The van der Waals surface area contributed by atoms with E-state index in [0.29, 0.717) is 0 Å². The Morgan fingerprint density at radius 3 is 1.75 bits per heavy atom. The number of hydrogen-bond donors (Lipinski definition) is 0. The number of benzene rings is 10. The summed E-state index contributed by atoms with van der Waals surface area (Å²) < 4.78 is 4.82. The van der Waals surface area contributed by atoms with Crippen molar-refractivity contribution in [1.29, 1.82) is 0 Å². The van der Waals surface area contributed by atoms with Crippen LogP contribution in [-0.4, -0.2) is 14.1 Å². The summed E-state index contributed by atoms with van der Waals surface area (Å²) in [4.78, 5) is 4.83. The molecule has 0 saturated heterocycles. The average Bonchev–Trinajstić information content (AvgIpc) is 3.79. The Morgan fingerprint density at radius 2 is 0.946 bits per heavy atom. The van der Waals surface area contributed by atoms with Crippen LogP contribution in [0.4, 0.5) is 0 Å². The molecule has 56 heavy (non-hydrogen) atoms. The second kappa shape index (κ2) is 11.0. The van der Waals surface area contributed by atoms with E-state index in [1.807, 2.05) is 12.3 Å². The maximum Gasteiger partial charge on any atom is 0.137 e. The molecule has 0 aliphatic rings. The van der Waals surface area contributed by atoms with E-state index in [9.17, 15) is 0 Å². The van der Waals surface area contributed by atoms with E-state index in [2.05, 4.69) is 185 Å². The second-order valence-electron chi connectivity index (χ2n) is 15.1. The van der Waals surface area contributed by atoms with Crippen molar-refractivity contribution in [3.63, 3.8) is 0 Å². The van der Waals surface area contributed by atoms with Gasteiger partial charge in [0.2, 0.25) is 0 Å². The molecular weight excluding hydrogens is 679 g/mol. The highest BCUT2D eigenvalue weighted by molar-refractivity contribution is 6.32. The third-order valence-electron chi connectivity index (χ3n) is 12.2. The van der Waals surface area contributed by atoms with Gasteiger partial charge in [0, 0.05) is 38.8 Å². The smallest absolute Gasteiger partial charge is 0.137 e. The molecule has 3 heteroatoms. The molecule has 3 aromatic heterocycles. The van der Waals surface area contributed by atoms with Crippen LogP contribution in [-0.2, 0) is 0 Å². The van der Waals surface area contributed by atoms with E-state index < -0.39 is 0 Å². The van der Waals surface area contributed by atoms with Crippen LogP contribution in [0.3, 0.4) is 0 Å². The summed E-state index contributed by atoms with van der Waals surface area (Å²) in [6, 6.07) is 67.0. The monoisotopic (exact) mass is 709 g/mol. The minimum absolute atomic E-state index is 0.927. The maximum absolute atomic E-state index is 4.83. The van der Waals surface area contributed by atoms with Crippen molar-refractivity contribution >= 4 is 97.5 Å². The summed E-state index contributed by atoms with van der Waals surface area (Å²) in [6.07, 6.45) is 1.88. The summed E-state index contributed by atoms with van der Waals surface area (Å²) in [5.74, 6) is 0.927. The van der Waals surface area contributed by atoms with Gasteiger partial charge < -0.3 is 4.57 Å². The van der Waals surface area contributed by atoms with Crippen molar-refractivity contribution in [3.05, 3.63) is 188 Å². The molecule has 0 fully saturated rings. The number of aromatic nitrogens is 3. The van der Waals surface area contributed by atoms with Crippen LogP contribution in [0.5, 0.6) is 0 Å². The lowest BCUT2D eigenvalue weighted by molar-refractivity contribution is 1.08. The Balaban J connectivity index is 1.02. The first-order valence-electron chi connectivity index (χ1n) is 19.3. The van der Waals surface area contributed by atoms with Gasteiger partial charge in [0.05, 0.1) is 22.1 Å². The third kappa shape index (κ3) is 3.98. The Bertz CT molecular complexity index is 3720. The maximum atomic E-state index is 4.83. The normalized spacial score (nSPS) is 12.3. The highest BCUT2D eigenvalue weighted by Crippen LogP contribution is 2.45. The van der Waals surface area contributed by atoms with E-state index >= 15 is 0 Å². The number of para-hydroxylation sites is 1. The minimum atomic E-state index is 0.927. The quantitative estimate of drug-likeness (QED) is 0.168. The molecule has 0 aliphatic carbocycles. The topological polar surface area (TPSA) is 22.8 Å². The number of fused-ring (bicyclic) bond motifs is 11. The number of pyridine rings is 1. The molecule has 0 atom stereocenters. The van der Waals surface area contributed by atoms with Crippen LogP contribution in [0.1, 0.15) is 0 Å². The first-order chi connectivity index (χ1) is 27.8. The molecule has 3 heterocycles. The molecule has 0 bridgehead atoms. The van der Waals surface area contributed by atoms with Gasteiger partial charge in [0.15, 0.2) is 0 Å². The predicted octanol–water partition coefficient (Wildman–Crippen LogP) is 14.1. The third-order valence-corrected chi connectivity index (χ3v) is 12.2. The van der Waals surface area contributed by atoms with Crippen molar-refractivity contribution in [2.24, 2.45) is 0 Å². The zero-order chi connectivity index (χ0) is 36.5. The molecule has 0 spiro atoms. The first kappa shape index (κ1) is 29.9. The number of rotatable bonds is 3. The molecule has 0 amide bonds. The summed E-state index contributed by atoms with van der Waals surface area (Å²) in [5, 5.41) is 17.8. The highest BCUT2D eigenvalue weighted by atomic mass is 15.1. The van der Waals surface area contributed by atoms with Gasteiger partial charge in [0.25, 0.3) is 0 Å². The molecule has 0 radical (unpaired) electrons. The molecule has 3 nitrogen and oxygen atoms in total. The zero-order valence-electron chi connectivity index (χ0n) is 30.2. The summed E-state index contributed by atoms with van der Waals surface area (Å²) in [6.45, 7) is 0. The zero-order valence-corrected chi connectivity index (χ0v) is 30.2. The lowest BCUT2D eigenvalue weighted by Crippen LogP contribution is -1.97. The van der Waals surface area contributed by atoms with Crippen LogP contribution in [0.2, 0.25) is 0 Å². The summed E-state index contributed by atoms with van der Waals surface area (Å²) >= 11 is 0. The van der Waals surface area contributed by atoms with Crippen LogP contribution >= 0.6 is 0 Å². The lowest BCUT2D eigenvalue weighted by Gasteiger charge is -2.13. The number of hydrogen-bond acceptors (Lipinski definition) is 1. The van der Waals surface area contributed by atoms with E-state index in [0.717, 1.165) is 17.0 Å². The largest absolute Gasteiger partial charge is 0.309 e. The van der Waals surface area contributed by atoms with Crippen LogP contribution in [0.15, 0.2) is 188 Å². The Hall–Kier alpha value is -7.49. The van der Waals surface area contributed by atoms with E-state index in [1.54, 1.807) is 0 Å². The van der Waals surface area contributed by atoms with Gasteiger partial charge in [0.1, 0.15) is 5.82 Å². The van der Waals surface area contributed by atoms with Gasteiger partial charge in [-0.25, -0.2) is 4.98 Å².